The zero-order chi connectivity index (χ0) is 21.0. The molecule has 0 saturated heterocycles. The summed E-state index contributed by atoms with van der Waals surface area (Å²) in [7, 11) is 0. The molecule has 5 heteroatoms. The third kappa shape index (κ3) is 4.80. The van der Waals surface area contributed by atoms with Crippen LogP contribution < -0.4 is 5.32 Å². The standard InChI is InChI=1S/C24H27N3O2/c1-16-10-11-20(14-17(16)2)23(28)12-13-24(29)26-18(3)22-15-25-27(19(22)4)21-8-6-5-7-9-21/h5-11,14-15,18H,12-13H2,1-4H3,(H,26,29). The van der Waals surface area contributed by atoms with E-state index in [1.807, 2.05) is 80.9 Å². The van der Waals surface area contributed by atoms with Crippen molar-refractivity contribution in [2.75, 3.05) is 0 Å². The lowest BCUT2D eigenvalue weighted by Crippen LogP contribution is -2.27. The number of para-hydroxylation sites is 1. The minimum atomic E-state index is -0.184. The van der Waals surface area contributed by atoms with Gasteiger partial charge in [-0.05, 0) is 57.0 Å². The van der Waals surface area contributed by atoms with Crippen LogP contribution in [0.4, 0.5) is 0 Å². The number of benzene rings is 2. The van der Waals surface area contributed by atoms with Crippen molar-refractivity contribution in [3.63, 3.8) is 0 Å². The molecule has 5 nitrogen and oxygen atoms in total. The highest BCUT2D eigenvalue weighted by molar-refractivity contribution is 5.98. The first-order valence-corrected chi connectivity index (χ1v) is 9.86. The normalized spacial score (nSPS) is 11.9. The third-order valence-electron chi connectivity index (χ3n) is 5.30. The molecule has 0 spiro atoms. The van der Waals surface area contributed by atoms with Crippen LogP contribution in [0.25, 0.3) is 5.69 Å². The largest absolute Gasteiger partial charge is 0.349 e. The van der Waals surface area contributed by atoms with E-state index in [1.54, 1.807) is 6.20 Å². The number of ketones is 1. The second-order valence-electron chi connectivity index (χ2n) is 7.44. The zero-order valence-electron chi connectivity index (χ0n) is 17.4. The smallest absolute Gasteiger partial charge is 0.220 e. The van der Waals surface area contributed by atoms with Crippen LogP contribution in [0.2, 0.25) is 0 Å². The van der Waals surface area contributed by atoms with Gasteiger partial charge >= 0.3 is 0 Å². The summed E-state index contributed by atoms with van der Waals surface area (Å²) in [6, 6.07) is 15.4. The Morgan fingerprint density at radius 1 is 1.00 bits per heavy atom. The third-order valence-corrected chi connectivity index (χ3v) is 5.30. The van der Waals surface area contributed by atoms with E-state index >= 15 is 0 Å². The minimum Gasteiger partial charge on any atom is -0.349 e. The summed E-state index contributed by atoms with van der Waals surface area (Å²) in [5, 5.41) is 7.44. The first-order chi connectivity index (χ1) is 13.9. The molecule has 29 heavy (non-hydrogen) atoms. The van der Waals surface area contributed by atoms with Gasteiger partial charge in [0.1, 0.15) is 0 Å². The van der Waals surface area contributed by atoms with Gasteiger partial charge in [-0.3, -0.25) is 9.59 Å². The van der Waals surface area contributed by atoms with E-state index in [4.69, 9.17) is 0 Å². The van der Waals surface area contributed by atoms with E-state index in [0.717, 1.165) is 28.1 Å². The molecule has 1 atom stereocenters. The Balaban J connectivity index is 1.59. The summed E-state index contributed by atoms with van der Waals surface area (Å²) in [5.74, 6) is -0.148. The van der Waals surface area contributed by atoms with Crippen molar-refractivity contribution in [1.29, 1.82) is 0 Å². The van der Waals surface area contributed by atoms with Crippen molar-refractivity contribution < 1.29 is 9.59 Å². The van der Waals surface area contributed by atoms with Crippen LogP contribution in [0.5, 0.6) is 0 Å². The molecule has 1 aromatic heterocycles. The van der Waals surface area contributed by atoms with Crippen molar-refractivity contribution in [2.45, 2.75) is 46.6 Å². The van der Waals surface area contributed by atoms with E-state index in [9.17, 15) is 9.59 Å². The maximum absolute atomic E-state index is 12.4. The molecule has 1 amide bonds. The number of amides is 1. The van der Waals surface area contributed by atoms with Gasteiger partial charge in [0.25, 0.3) is 0 Å². The fourth-order valence-electron chi connectivity index (χ4n) is 3.35. The Labute approximate surface area is 171 Å². The number of aryl methyl sites for hydroxylation is 2. The van der Waals surface area contributed by atoms with Crippen LogP contribution in [0.1, 0.15) is 58.5 Å². The molecule has 0 saturated carbocycles. The Morgan fingerprint density at radius 2 is 1.72 bits per heavy atom. The number of Topliss-reactive ketones (excluding diaryl/α,β-unsaturated/α-hetero) is 1. The van der Waals surface area contributed by atoms with E-state index < -0.39 is 0 Å². The average molecular weight is 389 g/mol. The Kier molecular flexibility index (Phi) is 6.27. The number of aromatic nitrogens is 2. The lowest BCUT2D eigenvalue weighted by Gasteiger charge is -2.14. The predicted molar refractivity (Wildman–Crippen MR) is 114 cm³/mol. The summed E-state index contributed by atoms with van der Waals surface area (Å²) in [6.45, 7) is 7.92. The molecular weight excluding hydrogens is 362 g/mol. The van der Waals surface area contributed by atoms with Gasteiger partial charge in [0, 0.05) is 29.7 Å². The van der Waals surface area contributed by atoms with Crippen LogP contribution in [0, 0.1) is 20.8 Å². The van der Waals surface area contributed by atoms with Gasteiger partial charge in [0.15, 0.2) is 5.78 Å². The Bertz CT molecular complexity index is 1020. The number of hydrogen-bond acceptors (Lipinski definition) is 3. The Morgan fingerprint density at radius 3 is 2.41 bits per heavy atom. The molecule has 0 bridgehead atoms. The molecule has 3 rings (SSSR count). The van der Waals surface area contributed by atoms with Crippen molar-refractivity contribution in [3.8, 4) is 5.69 Å². The van der Waals surface area contributed by atoms with Gasteiger partial charge in [-0.25, -0.2) is 4.68 Å². The maximum Gasteiger partial charge on any atom is 0.220 e. The second-order valence-corrected chi connectivity index (χ2v) is 7.44. The van der Waals surface area contributed by atoms with E-state index in [0.29, 0.717) is 5.56 Å². The van der Waals surface area contributed by atoms with E-state index in [2.05, 4.69) is 10.4 Å². The minimum absolute atomic E-state index is 0.0102. The van der Waals surface area contributed by atoms with Crippen molar-refractivity contribution >= 4 is 11.7 Å². The molecule has 1 heterocycles. The lowest BCUT2D eigenvalue weighted by atomic mass is 10.0. The zero-order valence-corrected chi connectivity index (χ0v) is 17.4. The summed E-state index contributed by atoms with van der Waals surface area (Å²) < 4.78 is 1.86. The molecule has 0 radical (unpaired) electrons. The summed E-state index contributed by atoms with van der Waals surface area (Å²) in [4.78, 5) is 24.8. The number of nitrogens with one attached hydrogen (secondary N) is 1. The average Bonchev–Trinajstić information content (AvgIpc) is 3.10. The van der Waals surface area contributed by atoms with Crippen molar-refractivity contribution in [1.82, 2.24) is 15.1 Å². The van der Waals surface area contributed by atoms with E-state index in [-0.39, 0.29) is 30.6 Å². The molecule has 1 unspecified atom stereocenters. The maximum atomic E-state index is 12.4. The number of rotatable bonds is 7. The molecule has 0 aliphatic rings. The molecule has 1 N–H and O–H groups in total. The molecule has 0 aliphatic carbocycles. The molecule has 0 fully saturated rings. The van der Waals surface area contributed by atoms with Gasteiger partial charge in [-0.15, -0.1) is 0 Å². The molecular formula is C24H27N3O2. The van der Waals surface area contributed by atoms with Crippen LogP contribution in [-0.2, 0) is 4.79 Å². The topological polar surface area (TPSA) is 64.0 Å². The van der Waals surface area contributed by atoms with Crippen molar-refractivity contribution in [2.24, 2.45) is 0 Å². The quantitative estimate of drug-likeness (QED) is 0.599. The Hall–Kier alpha value is -3.21. The van der Waals surface area contributed by atoms with Crippen LogP contribution in [0.3, 0.4) is 0 Å². The highest BCUT2D eigenvalue weighted by Gasteiger charge is 2.17. The molecule has 0 aliphatic heterocycles. The number of nitrogens with zero attached hydrogens (tertiary/aromatic N) is 2. The summed E-state index contributed by atoms with van der Waals surface area (Å²) >= 11 is 0. The number of carbonyl (C=O) groups excluding carboxylic acids is 2. The van der Waals surface area contributed by atoms with Crippen LogP contribution in [0.15, 0.2) is 54.7 Å². The predicted octanol–water partition coefficient (Wildman–Crippen LogP) is 4.64. The summed E-state index contributed by atoms with van der Waals surface area (Å²) in [6.07, 6.45) is 2.15. The lowest BCUT2D eigenvalue weighted by molar-refractivity contribution is -0.121. The first kappa shape index (κ1) is 20.5. The SMILES string of the molecule is Cc1ccc(C(=O)CCC(=O)NC(C)c2cnn(-c3ccccc3)c2C)cc1C. The van der Waals surface area contributed by atoms with Gasteiger partial charge in [-0.1, -0.05) is 30.3 Å². The van der Waals surface area contributed by atoms with Crippen LogP contribution in [-0.4, -0.2) is 21.5 Å². The summed E-state index contributed by atoms with van der Waals surface area (Å²) in [5.41, 5.74) is 5.82. The van der Waals surface area contributed by atoms with Gasteiger partial charge in [0.05, 0.1) is 17.9 Å². The van der Waals surface area contributed by atoms with Gasteiger partial charge < -0.3 is 5.32 Å². The fourth-order valence-corrected chi connectivity index (χ4v) is 3.35. The van der Waals surface area contributed by atoms with Gasteiger partial charge in [0.2, 0.25) is 5.91 Å². The first-order valence-electron chi connectivity index (χ1n) is 9.86. The molecule has 150 valence electrons. The number of carbonyl (C=O) groups is 2. The highest BCUT2D eigenvalue weighted by atomic mass is 16.2. The fraction of sp³-hybridized carbons (Fsp3) is 0.292. The van der Waals surface area contributed by atoms with E-state index in [1.165, 1.54) is 0 Å². The molecule has 3 aromatic rings. The van der Waals surface area contributed by atoms with Gasteiger partial charge in [-0.2, -0.15) is 5.10 Å². The highest BCUT2D eigenvalue weighted by Crippen LogP contribution is 2.20. The van der Waals surface area contributed by atoms with Crippen molar-refractivity contribution in [3.05, 3.63) is 82.7 Å². The second kappa shape index (κ2) is 8.86. The number of hydrogen-bond donors (Lipinski definition) is 1. The molecule has 2 aromatic carbocycles. The van der Waals surface area contributed by atoms with Crippen LogP contribution >= 0.6 is 0 Å². The monoisotopic (exact) mass is 389 g/mol.